The fourth-order valence-electron chi connectivity index (χ4n) is 1.98. The predicted octanol–water partition coefficient (Wildman–Crippen LogP) is 2.08. The van der Waals surface area contributed by atoms with E-state index in [1.165, 1.54) is 4.90 Å². The molecule has 1 atom stereocenters. The average Bonchev–Trinajstić information content (AvgIpc) is 2.35. The van der Waals surface area contributed by atoms with Crippen molar-refractivity contribution < 1.29 is 9.59 Å². The molecule has 2 amide bonds. The molecule has 1 N–H and O–H groups in total. The van der Waals surface area contributed by atoms with Crippen molar-refractivity contribution in [2.75, 3.05) is 11.4 Å². The molecule has 0 spiro atoms. The van der Waals surface area contributed by atoms with E-state index < -0.39 is 5.54 Å². The van der Waals surface area contributed by atoms with Crippen LogP contribution in [0.4, 0.5) is 5.69 Å². The van der Waals surface area contributed by atoms with Gasteiger partial charge in [0.15, 0.2) is 0 Å². The SMILES string of the molecule is CCC1(C)NC(=O)CN(c2ccc(Br)cc2)C1=O. The third-order valence-corrected chi connectivity index (χ3v) is 3.81. The molecule has 0 aliphatic carbocycles. The van der Waals surface area contributed by atoms with Gasteiger partial charge in [-0.05, 0) is 37.6 Å². The first-order valence-electron chi connectivity index (χ1n) is 5.85. The Hall–Kier alpha value is -1.36. The molecule has 0 bridgehead atoms. The van der Waals surface area contributed by atoms with Gasteiger partial charge in [-0.2, -0.15) is 0 Å². The number of rotatable bonds is 2. The van der Waals surface area contributed by atoms with Crippen molar-refractivity contribution >= 4 is 33.4 Å². The van der Waals surface area contributed by atoms with Gasteiger partial charge in [0.2, 0.25) is 5.91 Å². The summed E-state index contributed by atoms with van der Waals surface area (Å²) >= 11 is 3.35. The summed E-state index contributed by atoms with van der Waals surface area (Å²) in [5.74, 6) is -0.186. The molecule has 0 radical (unpaired) electrons. The molecule has 1 fully saturated rings. The molecule has 1 saturated heterocycles. The maximum absolute atomic E-state index is 12.4. The minimum atomic E-state index is -0.803. The summed E-state index contributed by atoms with van der Waals surface area (Å²) in [4.78, 5) is 25.7. The number of nitrogens with one attached hydrogen (secondary N) is 1. The van der Waals surface area contributed by atoms with Crippen molar-refractivity contribution in [3.63, 3.8) is 0 Å². The van der Waals surface area contributed by atoms with Crippen molar-refractivity contribution in [2.24, 2.45) is 0 Å². The Morgan fingerprint density at radius 3 is 2.50 bits per heavy atom. The highest BCUT2D eigenvalue weighted by Crippen LogP contribution is 2.25. The smallest absolute Gasteiger partial charge is 0.252 e. The Morgan fingerprint density at radius 2 is 1.94 bits per heavy atom. The molecule has 1 heterocycles. The molecule has 4 nitrogen and oxygen atoms in total. The fraction of sp³-hybridized carbons (Fsp3) is 0.385. The molecule has 18 heavy (non-hydrogen) atoms. The van der Waals surface area contributed by atoms with Crippen molar-refractivity contribution in [3.8, 4) is 0 Å². The molecular weight excluding hydrogens is 296 g/mol. The molecule has 5 heteroatoms. The van der Waals surface area contributed by atoms with Gasteiger partial charge < -0.3 is 10.2 Å². The number of piperazine rings is 1. The highest BCUT2D eigenvalue weighted by atomic mass is 79.9. The molecule has 1 aliphatic heterocycles. The zero-order valence-electron chi connectivity index (χ0n) is 10.4. The first-order valence-corrected chi connectivity index (χ1v) is 6.64. The number of hydrogen-bond donors (Lipinski definition) is 1. The molecule has 0 saturated carbocycles. The zero-order chi connectivity index (χ0) is 13.3. The van der Waals surface area contributed by atoms with E-state index >= 15 is 0 Å². The van der Waals surface area contributed by atoms with Gasteiger partial charge in [-0.25, -0.2) is 0 Å². The third-order valence-electron chi connectivity index (χ3n) is 3.28. The topological polar surface area (TPSA) is 49.4 Å². The van der Waals surface area contributed by atoms with Crippen LogP contribution in [0.1, 0.15) is 20.3 Å². The standard InChI is InChI=1S/C13H15BrN2O2/c1-3-13(2)12(18)16(8-11(17)15-13)10-6-4-9(14)5-7-10/h4-7H,3,8H2,1-2H3,(H,15,17). The van der Waals surface area contributed by atoms with E-state index in [4.69, 9.17) is 0 Å². The van der Waals surface area contributed by atoms with Crippen LogP contribution in [0.2, 0.25) is 0 Å². The van der Waals surface area contributed by atoms with Gasteiger partial charge in [0.05, 0.1) is 0 Å². The quantitative estimate of drug-likeness (QED) is 0.909. The maximum atomic E-state index is 12.4. The number of benzene rings is 1. The molecule has 2 rings (SSSR count). The van der Waals surface area contributed by atoms with Crippen LogP contribution in [0.5, 0.6) is 0 Å². The van der Waals surface area contributed by atoms with Gasteiger partial charge in [0.25, 0.3) is 5.91 Å². The Morgan fingerprint density at radius 1 is 1.33 bits per heavy atom. The van der Waals surface area contributed by atoms with Gasteiger partial charge in [-0.1, -0.05) is 22.9 Å². The van der Waals surface area contributed by atoms with Gasteiger partial charge in [-0.15, -0.1) is 0 Å². The molecule has 96 valence electrons. The van der Waals surface area contributed by atoms with Crippen LogP contribution < -0.4 is 10.2 Å². The Balaban J connectivity index is 2.35. The lowest BCUT2D eigenvalue weighted by Gasteiger charge is -2.39. The normalized spacial score (nSPS) is 24.1. The first kappa shape index (κ1) is 13.1. The van der Waals surface area contributed by atoms with E-state index in [0.717, 1.165) is 10.2 Å². The number of hydrogen-bond acceptors (Lipinski definition) is 2. The van der Waals surface area contributed by atoms with Crippen molar-refractivity contribution in [1.29, 1.82) is 0 Å². The van der Waals surface area contributed by atoms with E-state index in [1.54, 1.807) is 6.92 Å². The van der Waals surface area contributed by atoms with E-state index in [2.05, 4.69) is 21.2 Å². The van der Waals surface area contributed by atoms with E-state index in [1.807, 2.05) is 31.2 Å². The average molecular weight is 311 g/mol. The van der Waals surface area contributed by atoms with Crippen LogP contribution in [-0.2, 0) is 9.59 Å². The van der Waals surface area contributed by atoms with E-state index in [-0.39, 0.29) is 18.4 Å². The molecule has 1 unspecified atom stereocenters. The molecule has 1 aromatic carbocycles. The number of amides is 2. The van der Waals surface area contributed by atoms with Gasteiger partial charge in [0, 0.05) is 10.2 Å². The highest BCUT2D eigenvalue weighted by molar-refractivity contribution is 9.10. The number of halogens is 1. The Kier molecular flexibility index (Phi) is 3.43. The monoisotopic (exact) mass is 310 g/mol. The van der Waals surface area contributed by atoms with E-state index in [0.29, 0.717) is 6.42 Å². The van der Waals surface area contributed by atoms with Crippen molar-refractivity contribution in [1.82, 2.24) is 5.32 Å². The Bertz CT molecular complexity index is 486. The third kappa shape index (κ3) is 2.27. The first-order chi connectivity index (χ1) is 8.46. The summed E-state index contributed by atoms with van der Waals surface area (Å²) in [5.41, 5.74) is -0.0553. The molecule has 1 aromatic rings. The lowest BCUT2D eigenvalue weighted by atomic mass is 9.94. The minimum Gasteiger partial charge on any atom is -0.340 e. The second-order valence-corrected chi connectivity index (χ2v) is 5.52. The van der Waals surface area contributed by atoms with Gasteiger partial charge >= 0.3 is 0 Å². The second-order valence-electron chi connectivity index (χ2n) is 4.60. The van der Waals surface area contributed by atoms with Gasteiger partial charge in [-0.3, -0.25) is 9.59 Å². The van der Waals surface area contributed by atoms with Crippen LogP contribution >= 0.6 is 15.9 Å². The largest absolute Gasteiger partial charge is 0.340 e. The summed E-state index contributed by atoms with van der Waals surface area (Å²) in [7, 11) is 0. The molecular formula is C13H15BrN2O2. The summed E-state index contributed by atoms with van der Waals surface area (Å²) in [6, 6.07) is 7.38. The maximum Gasteiger partial charge on any atom is 0.252 e. The molecule has 0 aromatic heterocycles. The minimum absolute atomic E-state index is 0.0630. The fourth-order valence-corrected chi connectivity index (χ4v) is 2.25. The number of anilines is 1. The summed E-state index contributed by atoms with van der Waals surface area (Å²) in [5, 5.41) is 2.76. The van der Waals surface area contributed by atoms with E-state index in [9.17, 15) is 9.59 Å². The number of carbonyl (C=O) groups is 2. The number of carbonyl (C=O) groups excluding carboxylic acids is 2. The predicted molar refractivity (Wildman–Crippen MR) is 73.3 cm³/mol. The van der Waals surface area contributed by atoms with Crippen LogP contribution in [0.15, 0.2) is 28.7 Å². The zero-order valence-corrected chi connectivity index (χ0v) is 12.0. The summed E-state index contributed by atoms with van der Waals surface area (Å²) < 4.78 is 0.943. The molecule has 1 aliphatic rings. The van der Waals surface area contributed by atoms with Crippen LogP contribution in [-0.4, -0.2) is 23.9 Å². The van der Waals surface area contributed by atoms with Gasteiger partial charge in [0.1, 0.15) is 12.1 Å². The highest BCUT2D eigenvalue weighted by Gasteiger charge is 2.41. The summed E-state index contributed by atoms with van der Waals surface area (Å²) in [6.45, 7) is 3.73. The summed E-state index contributed by atoms with van der Waals surface area (Å²) in [6.07, 6.45) is 0.574. The lowest BCUT2D eigenvalue weighted by Crippen LogP contribution is -2.65. The van der Waals surface area contributed by atoms with Crippen LogP contribution in [0.25, 0.3) is 0 Å². The van der Waals surface area contributed by atoms with Crippen LogP contribution in [0, 0.1) is 0 Å². The number of nitrogens with zero attached hydrogens (tertiary/aromatic N) is 1. The Labute approximate surface area is 114 Å². The second kappa shape index (κ2) is 4.72. The van der Waals surface area contributed by atoms with Crippen molar-refractivity contribution in [2.45, 2.75) is 25.8 Å². The lowest BCUT2D eigenvalue weighted by molar-refractivity contribution is -0.135. The van der Waals surface area contributed by atoms with Crippen molar-refractivity contribution in [3.05, 3.63) is 28.7 Å². The van der Waals surface area contributed by atoms with Crippen LogP contribution in [0.3, 0.4) is 0 Å².